The maximum Gasteiger partial charge on any atom is 0.100 e. The smallest absolute Gasteiger partial charge is 0.100 e. The molecule has 2 aliphatic rings. The molecule has 0 radical (unpaired) electrons. The maximum absolute atomic E-state index is 10.7. The minimum Gasteiger partial charge on any atom is -0.390 e. The third kappa shape index (κ3) is 4.66. The van der Waals surface area contributed by atoms with Crippen molar-refractivity contribution in [2.45, 2.75) is 77.2 Å². The van der Waals surface area contributed by atoms with Gasteiger partial charge in [0, 0.05) is 12.6 Å². The van der Waals surface area contributed by atoms with Gasteiger partial charge in [-0.3, -0.25) is 4.90 Å². The van der Waals surface area contributed by atoms with E-state index in [1.807, 2.05) is 19.9 Å². The monoisotopic (exact) mass is 323 g/mol. The van der Waals surface area contributed by atoms with Crippen LogP contribution >= 0.6 is 0 Å². The Bertz CT molecular complexity index is 467. The molecule has 23 heavy (non-hydrogen) atoms. The van der Waals surface area contributed by atoms with Gasteiger partial charge >= 0.3 is 0 Å². The lowest BCUT2D eigenvalue weighted by Gasteiger charge is -2.43. The third-order valence-corrected chi connectivity index (χ3v) is 5.33. The van der Waals surface area contributed by atoms with Crippen LogP contribution in [0.3, 0.4) is 0 Å². The molecule has 0 bridgehead atoms. The number of hydrogen-bond acceptors (Lipinski definition) is 4. The Kier molecular flexibility index (Phi) is 6.06. The van der Waals surface area contributed by atoms with Crippen LogP contribution < -0.4 is 0 Å². The Hall–Kier alpha value is -0.680. The van der Waals surface area contributed by atoms with Crippen molar-refractivity contribution in [1.82, 2.24) is 4.90 Å². The molecular weight excluding hydrogens is 290 g/mol. The minimum atomic E-state index is -0.782. The highest BCUT2D eigenvalue weighted by atomic mass is 16.3. The van der Waals surface area contributed by atoms with E-state index in [1.54, 1.807) is 6.92 Å². The number of aliphatic hydroxyl groups excluding tert-OH is 2. The zero-order valence-corrected chi connectivity index (χ0v) is 15.0. The standard InChI is InChI=1S/C19H33NO3/c1-13(7-8-14(2)18(22)15(3)21)10-16-11-19(4,23)17-6-5-9-20(17)12-16/h8,10,13,15,17-18,21-23H,5-7,9,11-12H2,1-4H3/b14-8+,16-10-. The fraction of sp³-hybridized carbons (Fsp3) is 0.789. The molecule has 0 aliphatic carbocycles. The highest BCUT2D eigenvalue weighted by Gasteiger charge is 2.43. The van der Waals surface area contributed by atoms with Crippen LogP contribution in [0.1, 0.15) is 53.4 Å². The number of rotatable bonds is 5. The zero-order valence-electron chi connectivity index (χ0n) is 15.0. The summed E-state index contributed by atoms with van der Waals surface area (Å²) in [6, 6.07) is 0.318. The Morgan fingerprint density at radius 3 is 2.74 bits per heavy atom. The van der Waals surface area contributed by atoms with Crippen molar-refractivity contribution in [2.24, 2.45) is 5.92 Å². The van der Waals surface area contributed by atoms with Gasteiger partial charge in [-0.25, -0.2) is 0 Å². The summed E-state index contributed by atoms with van der Waals surface area (Å²) in [7, 11) is 0. The van der Waals surface area contributed by atoms with Gasteiger partial charge in [-0.2, -0.15) is 0 Å². The summed E-state index contributed by atoms with van der Waals surface area (Å²) in [6.07, 6.45) is 6.66. The summed E-state index contributed by atoms with van der Waals surface area (Å²) in [5.41, 5.74) is 1.53. The topological polar surface area (TPSA) is 63.9 Å². The van der Waals surface area contributed by atoms with Crippen molar-refractivity contribution in [3.05, 3.63) is 23.3 Å². The molecule has 3 N–H and O–H groups in total. The zero-order chi connectivity index (χ0) is 17.2. The van der Waals surface area contributed by atoms with E-state index in [2.05, 4.69) is 17.9 Å². The molecule has 2 saturated heterocycles. The number of allylic oxidation sites excluding steroid dienone is 2. The second kappa shape index (κ2) is 7.47. The molecule has 0 aromatic rings. The average molecular weight is 323 g/mol. The van der Waals surface area contributed by atoms with Gasteiger partial charge in [0.05, 0.1) is 11.7 Å². The SMILES string of the molecule is C/C(=C\CC(C)/C=C1\CN2CCCC2C(C)(O)C1)C(O)C(C)O. The van der Waals surface area contributed by atoms with Gasteiger partial charge in [0.1, 0.15) is 6.10 Å². The molecule has 2 aliphatic heterocycles. The first-order valence-corrected chi connectivity index (χ1v) is 8.89. The van der Waals surface area contributed by atoms with Crippen LogP contribution in [0.25, 0.3) is 0 Å². The van der Waals surface area contributed by atoms with E-state index >= 15 is 0 Å². The molecule has 2 fully saturated rings. The van der Waals surface area contributed by atoms with Gasteiger partial charge in [0.25, 0.3) is 0 Å². The van der Waals surface area contributed by atoms with Gasteiger partial charge in [-0.15, -0.1) is 0 Å². The van der Waals surface area contributed by atoms with Crippen molar-refractivity contribution >= 4 is 0 Å². The molecule has 2 heterocycles. The number of nitrogens with zero attached hydrogens (tertiary/aromatic N) is 1. The summed E-state index contributed by atoms with van der Waals surface area (Å²) in [5.74, 6) is 0.358. The Labute approximate surface area is 140 Å². The molecule has 5 unspecified atom stereocenters. The number of fused-ring (bicyclic) bond motifs is 1. The van der Waals surface area contributed by atoms with Gasteiger partial charge in [0.15, 0.2) is 0 Å². The average Bonchev–Trinajstić information content (AvgIpc) is 2.92. The van der Waals surface area contributed by atoms with E-state index in [4.69, 9.17) is 0 Å². The third-order valence-electron chi connectivity index (χ3n) is 5.33. The lowest BCUT2D eigenvalue weighted by atomic mass is 9.82. The summed E-state index contributed by atoms with van der Waals surface area (Å²) in [4.78, 5) is 2.42. The summed E-state index contributed by atoms with van der Waals surface area (Å²) in [5, 5.41) is 30.0. The molecule has 4 heteroatoms. The molecule has 0 saturated carbocycles. The molecular formula is C19H33NO3. The molecule has 0 amide bonds. The van der Waals surface area contributed by atoms with Crippen molar-refractivity contribution in [3.8, 4) is 0 Å². The van der Waals surface area contributed by atoms with Crippen LogP contribution in [0.4, 0.5) is 0 Å². The Morgan fingerprint density at radius 1 is 1.39 bits per heavy atom. The van der Waals surface area contributed by atoms with Crippen LogP contribution in [0.5, 0.6) is 0 Å². The molecule has 4 nitrogen and oxygen atoms in total. The van der Waals surface area contributed by atoms with Crippen molar-refractivity contribution in [2.75, 3.05) is 13.1 Å². The second-order valence-corrected chi connectivity index (χ2v) is 7.83. The quantitative estimate of drug-likeness (QED) is 0.679. The fourth-order valence-corrected chi connectivity index (χ4v) is 4.07. The lowest BCUT2D eigenvalue weighted by molar-refractivity contribution is -0.0330. The molecule has 2 rings (SSSR count). The first-order chi connectivity index (χ1) is 10.7. The summed E-state index contributed by atoms with van der Waals surface area (Å²) < 4.78 is 0. The highest BCUT2D eigenvalue weighted by Crippen LogP contribution is 2.37. The van der Waals surface area contributed by atoms with E-state index in [-0.39, 0.29) is 0 Å². The Balaban J connectivity index is 1.97. The van der Waals surface area contributed by atoms with Crippen molar-refractivity contribution < 1.29 is 15.3 Å². The molecule has 132 valence electrons. The Morgan fingerprint density at radius 2 is 2.09 bits per heavy atom. The van der Waals surface area contributed by atoms with Gasteiger partial charge < -0.3 is 15.3 Å². The number of hydrogen-bond donors (Lipinski definition) is 3. The highest BCUT2D eigenvalue weighted by molar-refractivity contribution is 5.18. The van der Waals surface area contributed by atoms with E-state index in [9.17, 15) is 15.3 Å². The second-order valence-electron chi connectivity index (χ2n) is 7.83. The lowest BCUT2D eigenvalue weighted by Crippen LogP contribution is -2.52. The van der Waals surface area contributed by atoms with E-state index < -0.39 is 17.8 Å². The first-order valence-electron chi connectivity index (χ1n) is 8.89. The molecule has 5 atom stereocenters. The number of aliphatic hydroxyl groups is 3. The molecule has 0 aromatic heterocycles. The van der Waals surface area contributed by atoms with Crippen molar-refractivity contribution in [3.63, 3.8) is 0 Å². The van der Waals surface area contributed by atoms with E-state index in [0.29, 0.717) is 12.0 Å². The molecule has 0 aromatic carbocycles. The van der Waals surface area contributed by atoms with Gasteiger partial charge in [-0.05, 0) is 64.5 Å². The van der Waals surface area contributed by atoms with Crippen LogP contribution in [-0.2, 0) is 0 Å². The van der Waals surface area contributed by atoms with Crippen LogP contribution in [-0.4, -0.2) is 57.2 Å². The summed E-state index contributed by atoms with van der Waals surface area (Å²) in [6.45, 7) is 9.66. The predicted octanol–water partition coefficient (Wildman–Crippen LogP) is 2.25. The van der Waals surface area contributed by atoms with Crippen LogP contribution in [0.15, 0.2) is 23.3 Å². The van der Waals surface area contributed by atoms with Crippen LogP contribution in [0, 0.1) is 5.92 Å². The van der Waals surface area contributed by atoms with Gasteiger partial charge in [0.2, 0.25) is 0 Å². The molecule has 0 spiro atoms. The van der Waals surface area contributed by atoms with Crippen molar-refractivity contribution in [1.29, 1.82) is 0 Å². The van der Waals surface area contributed by atoms with Gasteiger partial charge in [-0.1, -0.05) is 24.6 Å². The van der Waals surface area contributed by atoms with Crippen LogP contribution in [0.2, 0.25) is 0 Å². The minimum absolute atomic E-state index is 0.318. The first kappa shape index (κ1) is 18.7. The largest absolute Gasteiger partial charge is 0.390 e. The fourth-order valence-electron chi connectivity index (χ4n) is 4.07. The number of piperidine rings is 1. The van der Waals surface area contributed by atoms with E-state index in [1.165, 1.54) is 12.0 Å². The normalized spacial score (nSPS) is 35.2. The van der Waals surface area contributed by atoms with E-state index in [0.717, 1.165) is 37.9 Å². The summed E-state index contributed by atoms with van der Waals surface area (Å²) >= 11 is 0. The maximum atomic E-state index is 10.7. The predicted molar refractivity (Wildman–Crippen MR) is 93.1 cm³/mol.